The number of likely N-dealkylation sites (N-methyl/N-ethyl adjacent to an activating group) is 1. The normalized spacial score (nSPS) is 15.1. The minimum atomic E-state index is -0.273. The van der Waals surface area contributed by atoms with E-state index >= 15 is 0 Å². The summed E-state index contributed by atoms with van der Waals surface area (Å²) in [6, 6.07) is 15.9. The van der Waals surface area contributed by atoms with Crippen molar-refractivity contribution in [1.29, 1.82) is 0 Å². The smallest absolute Gasteiger partial charge is 0.291 e. The third kappa shape index (κ3) is 4.92. The highest BCUT2D eigenvalue weighted by atomic mass is 16.2. The van der Waals surface area contributed by atoms with Crippen LogP contribution in [0.3, 0.4) is 0 Å². The minimum Gasteiger partial charge on any atom is -0.336 e. The van der Waals surface area contributed by atoms with Crippen LogP contribution in [0, 0.1) is 0 Å². The molecule has 36 heavy (non-hydrogen) atoms. The van der Waals surface area contributed by atoms with Gasteiger partial charge < -0.3 is 14.8 Å². The Morgan fingerprint density at radius 1 is 0.944 bits per heavy atom. The zero-order valence-corrected chi connectivity index (χ0v) is 21.1. The van der Waals surface area contributed by atoms with E-state index in [0.717, 1.165) is 68.5 Å². The van der Waals surface area contributed by atoms with Crippen LogP contribution < -0.4 is 10.9 Å². The fourth-order valence-electron chi connectivity index (χ4n) is 5.11. The number of para-hydroxylation sites is 1. The molecule has 0 atom stereocenters. The van der Waals surface area contributed by atoms with E-state index < -0.39 is 0 Å². The van der Waals surface area contributed by atoms with Gasteiger partial charge in [-0.25, -0.2) is 4.68 Å². The Kier molecular flexibility index (Phi) is 7.16. The number of nitrogens with one attached hydrogen (secondary N) is 1. The number of nitrogens with zero attached hydrogens (tertiary/aromatic N) is 5. The maximum atomic E-state index is 13.3. The van der Waals surface area contributed by atoms with Crippen LogP contribution in [0.15, 0.2) is 59.5 Å². The first-order chi connectivity index (χ1) is 17.6. The van der Waals surface area contributed by atoms with Crippen molar-refractivity contribution in [2.45, 2.75) is 39.9 Å². The van der Waals surface area contributed by atoms with Crippen LogP contribution in [0.5, 0.6) is 0 Å². The van der Waals surface area contributed by atoms with Gasteiger partial charge in [-0.05, 0) is 36.7 Å². The number of amides is 1. The van der Waals surface area contributed by atoms with E-state index in [1.807, 2.05) is 41.0 Å². The number of anilines is 1. The fourth-order valence-corrected chi connectivity index (χ4v) is 5.11. The molecule has 3 heterocycles. The minimum absolute atomic E-state index is 0.133. The highest BCUT2D eigenvalue weighted by Gasteiger charge is 2.17. The van der Waals surface area contributed by atoms with Crippen molar-refractivity contribution < 1.29 is 4.79 Å². The topological polar surface area (TPSA) is 75.4 Å². The van der Waals surface area contributed by atoms with Crippen molar-refractivity contribution in [3.05, 3.63) is 70.6 Å². The van der Waals surface area contributed by atoms with Gasteiger partial charge in [-0.15, -0.1) is 0 Å². The molecule has 0 aliphatic carbocycles. The Bertz CT molecular complexity index is 1410. The summed E-state index contributed by atoms with van der Waals surface area (Å²) in [5, 5.41) is 9.07. The molecule has 188 valence electrons. The Morgan fingerprint density at radius 3 is 2.39 bits per heavy atom. The first-order valence-corrected chi connectivity index (χ1v) is 12.9. The second-order valence-corrected chi connectivity index (χ2v) is 9.49. The number of aryl methyl sites for hydroxylation is 1. The SMILES string of the molecule is CCCn1c2ccccc2c2cnn(CC(=O)Nc3ccc(CN4CCN(CC)CC4)cc3)c(=O)c21. The number of fused-ring (bicyclic) bond motifs is 3. The van der Waals surface area contributed by atoms with Crippen molar-refractivity contribution in [3.8, 4) is 0 Å². The number of piperazine rings is 1. The summed E-state index contributed by atoms with van der Waals surface area (Å²) in [5.74, 6) is -0.273. The van der Waals surface area contributed by atoms with Crippen molar-refractivity contribution in [1.82, 2.24) is 24.1 Å². The molecule has 0 bridgehead atoms. The standard InChI is InChI=1S/C28H34N6O2/c1-3-13-33-25-8-6-5-7-23(25)24-18-29-34(28(36)27(24)33)20-26(35)30-22-11-9-21(10-12-22)19-32-16-14-31(4-2)15-17-32/h5-12,18H,3-4,13-17,19-20H2,1-2H3,(H,30,35). The lowest BCUT2D eigenvalue weighted by Crippen LogP contribution is -2.45. The molecule has 0 saturated carbocycles. The molecule has 0 unspecified atom stereocenters. The molecule has 1 fully saturated rings. The van der Waals surface area contributed by atoms with E-state index in [0.29, 0.717) is 11.2 Å². The molecule has 2 aromatic heterocycles. The second kappa shape index (κ2) is 10.6. The van der Waals surface area contributed by atoms with E-state index in [1.54, 1.807) is 6.20 Å². The molecular formula is C28H34N6O2. The van der Waals surface area contributed by atoms with E-state index in [2.05, 4.69) is 46.2 Å². The van der Waals surface area contributed by atoms with E-state index in [4.69, 9.17) is 0 Å². The number of benzene rings is 2. The van der Waals surface area contributed by atoms with Crippen molar-refractivity contribution in [2.75, 3.05) is 38.0 Å². The van der Waals surface area contributed by atoms with Gasteiger partial charge in [0.15, 0.2) is 0 Å². The van der Waals surface area contributed by atoms with Gasteiger partial charge in [0.2, 0.25) is 5.91 Å². The molecule has 8 heteroatoms. The molecule has 5 rings (SSSR count). The summed E-state index contributed by atoms with van der Waals surface area (Å²) in [6.07, 6.45) is 2.61. The molecule has 1 saturated heterocycles. The first-order valence-electron chi connectivity index (χ1n) is 12.9. The lowest BCUT2D eigenvalue weighted by molar-refractivity contribution is -0.117. The molecule has 1 amide bonds. The predicted octanol–water partition coefficient (Wildman–Crippen LogP) is 3.54. The maximum Gasteiger partial charge on any atom is 0.291 e. The number of carbonyl (C=O) groups is 1. The van der Waals surface area contributed by atoms with Gasteiger partial charge in [-0.1, -0.05) is 44.2 Å². The van der Waals surface area contributed by atoms with Crippen molar-refractivity contribution in [3.63, 3.8) is 0 Å². The summed E-state index contributed by atoms with van der Waals surface area (Å²) in [7, 11) is 0. The Balaban J connectivity index is 1.27. The quantitative estimate of drug-likeness (QED) is 0.412. The zero-order valence-electron chi connectivity index (χ0n) is 21.1. The molecule has 0 radical (unpaired) electrons. The van der Waals surface area contributed by atoms with E-state index in [1.165, 1.54) is 10.2 Å². The highest BCUT2D eigenvalue weighted by molar-refractivity contribution is 6.07. The average Bonchev–Trinajstić information content (AvgIpc) is 3.22. The van der Waals surface area contributed by atoms with Gasteiger partial charge in [0.1, 0.15) is 12.1 Å². The molecule has 2 aromatic carbocycles. The molecule has 1 aliphatic rings. The van der Waals surface area contributed by atoms with Crippen LogP contribution in [0.4, 0.5) is 5.69 Å². The highest BCUT2D eigenvalue weighted by Crippen LogP contribution is 2.26. The van der Waals surface area contributed by atoms with Gasteiger partial charge >= 0.3 is 0 Å². The fraction of sp³-hybridized carbons (Fsp3) is 0.393. The third-order valence-electron chi connectivity index (χ3n) is 7.07. The average molecular weight is 487 g/mol. The summed E-state index contributed by atoms with van der Waals surface area (Å²) >= 11 is 0. The predicted molar refractivity (Wildman–Crippen MR) is 144 cm³/mol. The number of hydrogen-bond acceptors (Lipinski definition) is 5. The molecule has 4 aromatic rings. The van der Waals surface area contributed by atoms with Crippen LogP contribution in [-0.4, -0.2) is 62.8 Å². The zero-order chi connectivity index (χ0) is 25.1. The lowest BCUT2D eigenvalue weighted by atomic mass is 10.1. The van der Waals surface area contributed by atoms with Gasteiger partial charge in [0, 0.05) is 61.2 Å². The molecule has 0 spiro atoms. The monoisotopic (exact) mass is 486 g/mol. The molecule has 1 aliphatic heterocycles. The van der Waals surface area contributed by atoms with Crippen LogP contribution in [0.1, 0.15) is 25.8 Å². The Labute approximate surface area is 211 Å². The first kappa shape index (κ1) is 24.2. The van der Waals surface area contributed by atoms with Crippen LogP contribution in [0.25, 0.3) is 21.8 Å². The number of aromatic nitrogens is 3. The van der Waals surface area contributed by atoms with E-state index in [-0.39, 0.29) is 18.0 Å². The number of rotatable bonds is 8. The lowest BCUT2D eigenvalue weighted by Gasteiger charge is -2.34. The summed E-state index contributed by atoms with van der Waals surface area (Å²) in [6.45, 7) is 11.3. The molecule has 1 N–H and O–H groups in total. The second-order valence-electron chi connectivity index (χ2n) is 9.49. The number of carbonyl (C=O) groups excluding carboxylic acids is 1. The molecular weight excluding hydrogens is 452 g/mol. The number of hydrogen-bond donors (Lipinski definition) is 1. The summed E-state index contributed by atoms with van der Waals surface area (Å²) < 4.78 is 3.30. The Morgan fingerprint density at radius 2 is 1.67 bits per heavy atom. The molecule has 8 nitrogen and oxygen atoms in total. The van der Waals surface area contributed by atoms with Gasteiger partial charge in [0.25, 0.3) is 5.56 Å². The Hall–Kier alpha value is -3.49. The summed E-state index contributed by atoms with van der Waals surface area (Å²) in [5.41, 5.74) is 3.32. The largest absolute Gasteiger partial charge is 0.336 e. The van der Waals surface area contributed by atoms with Crippen LogP contribution in [-0.2, 0) is 24.4 Å². The van der Waals surface area contributed by atoms with Crippen molar-refractivity contribution in [2.24, 2.45) is 0 Å². The van der Waals surface area contributed by atoms with E-state index in [9.17, 15) is 9.59 Å². The van der Waals surface area contributed by atoms with Crippen LogP contribution >= 0.6 is 0 Å². The van der Waals surface area contributed by atoms with Crippen molar-refractivity contribution >= 4 is 33.4 Å². The van der Waals surface area contributed by atoms with Crippen LogP contribution in [0.2, 0.25) is 0 Å². The van der Waals surface area contributed by atoms with Gasteiger partial charge in [0.05, 0.1) is 6.20 Å². The van der Waals surface area contributed by atoms with Gasteiger partial charge in [-0.2, -0.15) is 5.10 Å². The third-order valence-corrected chi connectivity index (χ3v) is 7.07. The maximum absolute atomic E-state index is 13.3. The van der Waals surface area contributed by atoms with Gasteiger partial charge in [-0.3, -0.25) is 14.5 Å². The summed E-state index contributed by atoms with van der Waals surface area (Å²) in [4.78, 5) is 31.1.